The van der Waals surface area contributed by atoms with Crippen molar-refractivity contribution in [3.05, 3.63) is 0 Å². The lowest BCUT2D eigenvalue weighted by Gasteiger charge is -2.20. The first-order valence-electron chi connectivity index (χ1n) is 6.22. The maximum absolute atomic E-state index is 12.1. The molecule has 0 aliphatic rings. The van der Waals surface area contributed by atoms with Crippen LogP contribution < -0.4 is 0 Å². The van der Waals surface area contributed by atoms with E-state index in [1.807, 2.05) is 0 Å². The molecule has 0 rings (SSSR count). The third kappa shape index (κ3) is 11.2. The summed E-state index contributed by atoms with van der Waals surface area (Å²) in [4.78, 5) is 11.8. The van der Waals surface area contributed by atoms with E-state index in [0.717, 1.165) is 0 Å². The quantitative estimate of drug-likeness (QED) is 0.370. The molecule has 0 fully saturated rings. The normalized spacial score (nSPS) is 14.1. The van der Waals surface area contributed by atoms with Gasteiger partial charge in [-0.05, 0) is 6.92 Å². The minimum Gasteiger partial charge on any atom is -0.299 e. The second kappa shape index (κ2) is 8.71. The van der Waals surface area contributed by atoms with Crippen molar-refractivity contribution in [3.8, 4) is 11.8 Å². The van der Waals surface area contributed by atoms with Gasteiger partial charge in [0.2, 0.25) is 0 Å². The summed E-state index contributed by atoms with van der Waals surface area (Å²) in [6, 6.07) is 0. The highest BCUT2D eigenvalue weighted by Crippen LogP contribution is 2.50. The van der Waals surface area contributed by atoms with Crippen LogP contribution >= 0.6 is 7.60 Å². The van der Waals surface area contributed by atoms with Gasteiger partial charge in [0, 0.05) is 12.3 Å². The third-order valence-electron chi connectivity index (χ3n) is 2.33. The molecule has 0 N–H and O–H groups in total. The molecule has 0 radical (unpaired) electrons. The Morgan fingerprint density at radius 1 is 1.09 bits per heavy atom. The predicted octanol–water partition coefficient (Wildman–Crippen LogP) is 3.96. The summed E-state index contributed by atoms with van der Waals surface area (Å²) in [6.07, 6.45) is -11.0. The molecular weight excluding hydrogens is 353 g/mol. The maximum Gasteiger partial charge on any atom is 0.412 e. The largest absolute Gasteiger partial charge is 0.412 e. The molecule has 23 heavy (non-hydrogen) atoms. The molecular formula is C12H15F6O4P. The zero-order valence-corrected chi connectivity index (χ0v) is 13.1. The van der Waals surface area contributed by atoms with E-state index in [1.54, 1.807) is 0 Å². The average Bonchev–Trinajstić information content (AvgIpc) is 2.39. The molecule has 0 aromatic heterocycles. The number of hydrogen-bond donors (Lipinski definition) is 0. The summed E-state index contributed by atoms with van der Waals surface area (Å²) in [6.45, 7) is -1.33. The number of hydrogen-bond acceptors (Lipinski definition) is 4. The van der Waals surface area contributed by atoms with E-state index in [0.29, 0.717) is 0 Å². The minimum absolute atomic E-state index is 0.0217. The summed E-state index contributed by atoms with van der Waals surface area (Å²) < 4.78 is 92.5. The fourth-order valence-electron chi connectivity index (χ4n) is 1.19. The number of rotatable bonds is 8. The number of halogens is 6. The molecule has 4 nitrogen and oxygen atoms in total. The van der Waals surface area contributed by atoms with Gasteiger partial charge in [-0.25, -0.2) is 0 Å². The molecule has 134 valence electrons. The molecule has 0 bridgehead atoms. The zero-order valence-electron chi connectivity index (χ0n) is 12.3. The van der Waals surface area contributed by atoms with Crippen molar-refractivity contribution in [1.82, 2.24) is 0 Å². The smallest absolute Gasteiger partial charge is 0.299 e. The van der Waals surface area contributed by atoms with E-state index >= 15 is 0 Å². The van der Waals surface area contributed by atoms with Gasteiger partial charge in [0.1, 0.15) is 11.9 Å². The Bertz CT molecular complexity index is 480. The molecule has 1 atom stereocenters. The first-order chi connectivity index (χ1) is 10.3. The van der Waals surface area contributed by atoms with Gasteiger partial charge < -0.3 is 0 Å². The van der Waals surface area contributed by atoms with Gasteiger partial charge in [0.15, 0.2) is 13.2 Å². The lowest BCUT2D eigenvalue weighted by atomic mass is 10.0. The zero-order chi connectivity index (χ0) is 18.3. The van der Waals surface area contributed by atoms with Crippen LogP contribution in [0.15, 0.2) is 0 Å². The van der Waals surface area contributed by atoms with Crippen LogP contribution in [0.5, 0.6) is 0 Å². The van der Waals surface area contributed by atoms with Crippen LogP contribution in [0.3, 0.4) is 0 Å². The van der Waals surface area contributed by atoms with Gasteiger partial charge in [0.05, 0.1) is 0 Å². The molecule has 0 heterocycles. The number of carbonyl (C=O) groups is 1. The van der Waals surface area contributed by atoms with E-state index in [4.69, 9.17) is 0 Å². The molecule has 11 heteroatoms. The molecule has 0 aromatic rings. The highest BCUT2D eigenvalue weighted by Gasteiger charge is 2.40. The van der Waals surface area contributed by atoms with Crippen molar-refractivity contribution in [2.75, 3.05) is 19.4 Å². The number of carbonyl (C=O) groups excluding carboxylic acids is 1. The summed E-state index contributed by atoms with van der Waals surface area (Å²) in [5.41, 5.74) is 0. The molecule has 0 unspecified atom stereocenters. The highest BCUT2D eigenvalue weighted by atomic mass is 31.2. The van der Waals surface area contributed by atoms with Gasteiger partial charge in [-0.15, -0.1) is 11.8 Å². The number of alkyl halides is 6. The van der Waals surface area contributed by atoms with Crippen molar-refractivity contribution in [1.29, 1.82) is 0 Å². The number of Topliss-reactive ketones (excluding diaryl/α,β-unsaturated/α-hetero) is 1. The van der Waals surface area contributed by atoms with Crippen molar-refractivity contribution in [3.63, 3.8) is 0 Å². The Kier molecular flexibility index (Phi) is 8.32. The summed E-state index contributed by atoms with van der Waals surface area (Å²) >= 11 is 0. The van der Waals surface area contributed by atoms with E-state index in [9.17, 15) is 35.7 Å². The molecule has 0 amide bonds. The number of ketones is 1. The fraction of sp³-hybridized carbons (Fsp3) is 0.750. The van der Waals surface area contributed by atoms with E-state index in [1.165, 1.54) is 13.8 Å². The van der Waals surface area contributed by atoms with Gasteiger partial charge in [-0.1, -0.05) is 6.92 Å². The molecule has 0 spiro atoms. The van der Waals surface area contributed by atoms with Gasteiger partial charge in [0.25, 0.3) is 0 Å². The lowest BCUT2D eigenvalue weighted by molar-refractivity contribution is -0.165. The first kappa shape index (κ1) is 22.0. The average molecular weight is 368 g/mol. The SMILES string of the molecule is CC#CC[C@H](C)C(=O)CP(=O)(OCC(F)(F)F)OCC(F)(F)F. The van der Waals surface area contributed by atoms with Crippen LogP contribution in [0.2, 0.25) is 0 Å². The van der Waals surface area contributed by atoms with E-state index in [2.05, 4.69) is 20.9 Å². The standard InChI is InChI=1S/C12H15F6O4P/c1-3-4-5-9(2)10(19)6-23(20,21-7-11(13,14)15)22-8-12(16,17)18/h9H,5-8H2,1-2H3/t9-/m0/s1. The molecule has 0 saturated carbocycles. The maximum atomic E-state index is 12.1. The Morgan fingerprint density at radius 3 is 1.87 bits per heavy atom. The van der Waals surface area contributed by atoms with E-state index < -0.39 is 51.0 Å². The Balaban J connectivity index is 4.98. The van der Waals surface area contributed by atoms with Crippen LogP contribution in [-0.4, -0.2) is 37.5 Å². The first-order valence-corrected chi connectivity index (χ1v) is 7.95. The van der Waals surface area contributed by atoms with Crippen LogP contribution in [-0.2, 0) is 18.4 Å². The van der Waals surface area contributed by atoms with Crippen molar-refractivity contribution >= 4 is 13.4 Å². The Hall–Kier alpha value is -1.04. The third-order valence-corrected chi connectivity index (χ3v) is 4.08. The summed E-state index contributed by atoms with van der Waals surface area (Å²) in [5.74, 6) is 3.31. The highest BCUT2D eigenvalue weighted by molar-refractivity contribution is 7.54. The van der Waals surface area contributed by atoms with Crippen molar-refractivity contribution in [2.45, 2.75) is 32.6 Å². The second-order valence-electron chi connectivity index (χ2n) is 4.54. The van der Waals surface area contributed by atoms with Crippen molar-refractivity contribution < 1.29 is 44.7 Å². The van der Waals surface area contributed by atoms with Gasteiger partial charge >= 0.3 is 19.9 Å². The molecule has 0 aromatic carbocycles. The van der Waals surface area contributed by atoms with E-state index in [-0.39, 0.29) is 6.42 Å². The second-order valence-corrected chi connectivity index (χ2v) is 6.60. The Labute approximate surface area is 129 Å². The Morgan fingerprint density at radius 2 is 1.52 bits per heavy atom. The summed E-state index contributed by atoms with van der Waals surface area (Å²) in [5, 5.41) is 0. The van der Waals surface area contributed by atoms with Crippen molar-refractivity contribution in [2.24, 2.45) is 5.92 Å². The monoisotopic (exact) mass is 368 g/mol. The van der Waals surface area contributed by atoms with Crippen LogP contribution in [0.1, 0.15) is 20.3 Å². The van der Waals surface area contributed by atoms with Gasteiger partial charge in [-0.2, -0.15) is 26.3 Å². The van der Waals surface area contributed by atoms with Crippen LogP contribution in [0.4, 0.5) is 26.3 Å². The molecule has 0 saturated heterocycles. The topological polar surface area (TPSA) is 52.6 Å². The van der Waals surface area contributed by atoms with Crippen LogP contribution in [0, 0.1) is 17.8 Å². The van der Waals surface area contributed by atoms with Gasteiger partial charge in [-0.3, -0.25) is 18.4 Å². The van der Waals surface area contributed by atoms with Crippen LogP contribution in [0.25, 0.3) is 0 Å². The lowest BCUT2D eigenvalue weighted by Crippen LogP contribution is -2.24. The molecule has 0 aliphatic heterocycles. The summed E-state index contributed by atoms with van der Waals surface area (Å²) in [7, 11) is -4.89. The predicted molar refractivity (Wildman–Crippen MR) is 68.7 cm³/mol. The fourth-order valence-corrected chi connectivity index (χ4v) is 2.82. The minimum atomic E-state index is -4.93. The molecule has 0 aliphatic carbocycles.